The van der Waals surface area contributed by atoms with Crippen molar-refractivity contribution in [3.63, 3.8) is 0 Å². The van der Waals surface area contributed by atoms with Gasteiger partial charge in [0.1, 0.15) is 0 Å². The summed E-state index contributed by atoms with van der Waals surface area (Å²) >= 11 is 0. The molecule has 0 spiro atoms. The first-order chi connectivity index (χ1) is 9.06. The molecule has 7 nitrogen and oxygen atoms in total. The molecule has 0 radical (unpaired) electrons. The summed E-state index contributed by atoms with van der Waals surface area (Å²) in [6.45, 7) is 1.62. The highest BCUT2D eigenvalue weighted by atomic mass is 28.4. The molecule has 0 aromatic rings. The third kappa shape index (κ3) is 5.45. The molecular weight excluding hydrogens is 270 g/mol. The molecule has 1 atom stereocenters. The first kappa shape index (κ1) is 16.4. The van der Waals surface area contributed by atoms with Crippen LogP contribution in [0.3, 0.4) is 0 Å². The van der Waals surface area contributed by atoms with E-state index in [9.17, 15) is 4.79 Å². The largest absolute Gasteiger partial charge is 0.500 e. The fourth-order valence-corrected chi connectivity index (χ4v) is 3.68. The van der Waals surface area contributed by atoms with E-state index in [1.165, 1.54) is 4.90 Å². The monoisotopic (exact) mass is 293 g/mol. The van der Waals surface area contributed by atoms with Crippen LogP contribution < -0.4 is 0 Å². The van der Waals surface area contributed by atoms with Crippen LogP contribution in [0.5, 0.6) is 0 Å². The average molecular weight is 293 g/mol. The van der Waals surface area contributed by atoms with Crippen molar-refractivity contribution >= 4 is 14.9 Å². The highest BCUT2D eigenvalue weighted by molar-refractivity contribution is 6.60. The first-order valence-corrected chi connectivity index (χ1v) is 8.25. The molecule has 1 N–H and O–H groups in total. The molecular formula is C11H23NO6Si. The molecule has 1 amide bonds. The minimum atomic E-state index is -2.53. The lowest BCUT2D eigenvalue weighted by Gasteiger charge is -2.24. The topological polar surface area (TPSA) is 80.8 Å². The van der Waals surface area contributed by atoms with Crippen LogP contribution in [0.25, 0.3) is 0 Å². The molecule has 1 fully saturated rings. The molecule has 0 bridgehead atoms. The van der Waals surface area contributed by atoms with Crippen molar-refractivity contribution in [2.24, 2.45) is 0 Å². The number of carbonyl (C=O) groups is 1. The van der Waals surface area contributed by atoms with E-state index in [0.29, 0.717) is 25.7 Å². The number of ether oxygens (including phenoxy) is 1. The Kier molecular flexibility index (Phi) is 6.73. The third-order valence-corrected chi connectivity index (χ3v) is 6.02. The second kappa shape index (κ2) is 7.80. The number of carboxylic acid groups (broad SMARTS) is 1. The molecule has 1 aliphatic heterocycles. The molecule has 1 aliphatic rings. The van der Waals surface area contributed by atoms with Gasteiger partial charge < -0.3 is 28.0 Å². The van der Waals surface area contributed by atoms with Gasteiger partial charge in [-0.05, 0) is 12.8 Å². The average Bonchev–Trinajstić information content (AvgIpc) is 3.22. The molecule has 112 valence electrons. The minimum Gasteiger partial charge on any atom is -0.465 e. The Balaban J connectivity index is 2.25. The van der Waals surface area contributed by atoms with Crippen LogP contribution >= 0.6 is 0 Å². The smallest absolute Gasteiger partial charge is 0.465 e. The van der Waals surface area contributed by atoms with Crippen molar-refractivity contribution in [1.82, 2.24) is 4.90 Å². The fraction of sp³-hybridized carbons (Fsp3) is 0.909. The standard InChI is InChI=1S/C11H23NO6Si/c1-15-19(16-2,17-3)7-5-4-6-12(11(13)14)8-10-9-18-10/h10H,4-9H2,1-3H3,(H,13,14). The van der Waals surface area contributed by atoms with Gasteiger partial charge in [-0.25, -0.2) is 4.79 Å². The van der Waals surface area contributed by atoms with Crippen molar-refractivity contribution < 1.29 is 27.9 Å². The van der Waals surface area contributed by atoms with E-state index in [2.05, 4.69) is 0 Å². The van der Waals surface area contributed by atoms with Gasteiger partial charge in [0.2, 0.25) is 0 Å². The van der Waals surface area contributed by atoms with Gasteiger partial charge in [0.05, 0.1) is 19.3 Å². The highest BCUT2D eigenvalue weighted by Crippen LogP contribution is 2.17. The summed E-state index contributed by atoms with van der Waals surface area (Å²) in [5, 5.41) is 9.05. The number of nitrogens with zero attached hydrogens (tertiary/aromatic N) is 1. The summed E-state index contributed by atoms with van der Waals surface area (Å²) in [5.41, 5.74) is 0. The molecule has 1 unspecified atom stereocenters. The number of hydrogen-bond donors (Lipinski definition) is 1. The molecule has 1 heterocycles. The van der Waals surface area contributed by atoms with Crippen LogP contribution in [-0.4, -0.2) is 72.0 Å². The molecule has 1 rings (SSSR count). The lowest BCUT2D eigenvalue weighted by Crippen LogP contribution is -2.42. The van der Waals surface area contributed by atoms with Crippen LogP contribution in [0.1, 0.15) is 12.8 Å². The zero-order valence-corrected chi connectivity index (χ0v) is 12.8. The maximum atomic E-state index is 11.0. The minimum absolute atomic E-state index is 0.0847. The normalized spacial score (nSPS) is 18.4. The SMILES string of the molecule is CO[Si](CCCCN(CC1CO1)C(=O)O)(OC)OC. The zero-order chi connectivity index (χ0) is 14.3. The predicted molar refractivity (Wildman–Crippen MR) is 70.2 cm³/mol. The number of unbranched alkanes of at least 4 members (excludes halogenated alkanes) is 1. The number of amides is 1. The summed E-state index contributed by atoms with van der Waals surface area (Å²) in [7, 11) is 2.20. The molecule has 19 heavy (non-hydrogen) atoms. The van der Waals surface area contributed by atoms with Crippen LogP contribution in [0.4, 0.5) is 4.79 Å². The van der Waals surface area contributed by atoms with E-state index < -0.39 is 14.9 Å². The van der Waals surface area contributed by atoms with Gasteiger partial charge >= 0.3 is 14.9 Å². The lowest BCUT2D eigenvalue weighted by atomic mass is 10.3. The molecule has 8 heteroatoms. The van der Waals surface area contributed by atoms with Crippen molar-refractivity contribution in [3.8, 4) is 0 Å². The van der Waals surface area contributed by atoms with Crippen molar-refractivity contribution in [2.75, 3.05) is 41.0 Å². The highest BCUT2D eigenvalue weighted by Gasteiger charge is 2.37. The van der Waals surface area contributed by atoms with Crippen LogP contribution in [-0.2, 0) is 18.0 Å². The van der Waals surface area contributed by atoms with Gasteiger partial charge in [-0.2, -0.15) is 0 Å². The van der Waals surface area contributed by atoms with Gasteiger partial charge in [-0.3, -0.25) is 0 Å². The summed E-state index contributed by atoms with van der Waals surface area (Å²) in [6, 6.07) is 0.684. The van der Waals surface area contributed by atoms with Crippen molar-refractivity contribution in [3.05, 3.63) is 0 Å². The van der Waals surface area contributed by atoms with Crippen LogP contribution in [0, 0.1) is 0 Å². The second-order valence-corrected chi connectivity index (χ2v) is 7.53. The Labute approximate surface area is 114 Å². The van der Waals surface area contributed by atoms with Gasteiger partial charge in [0, 0.05) is 33.9 Å². The van der Waals surface area contributed by atoms with Crippen molar-refractivity contribution in [1.29, 1.82) is 0 Å². The second-order valence-electron chi connectivity index (χ2n) is 4.44. The number of epoxide rings is 1. The maximum absolute atomic E-state index is 11.0. The Morgan fingerprint density at radius 1 is 1.32 bits per heavy atom. The fourth-order valence-electron chi connectivity index (χ4n) is 1.88. The lowest BCUT2D eigenvalue weighted by molar-refractivity contribution is 0.121. The van der Waals surface area contributed by atoms with Gasteiger partial charge in [-0.1, -0.05) is 0 Å². The van der Waals surface area contributed by atoms with E-state index in [-0.39, 0.29) is 6.10 Å². The molecule has 0 saturated carbocycles. The Morgan fingerprint density at radius 2 is 1.89 bits per heavy atom. The Bertz CT molecular complexity index is 274. The molecule has 0 aliphatic carbocycles. The summed E-state index contributed by atoms with van der Waals surface area (Å²) < 4.78 is 21.0. The summed E-state index contributed by atoms with van der Waals surface area (Å²) in [5.74, 6) is 0. The number of hydrogen-bond acceptors (Lipinski definition) is 5. The van der Waals surface area contributed by atoms with Gasteiger partial charge in [0.25, 0.3) is 0 Å². The summed E-state index contributed by atoms with van der Waals surface area (Å²) in [4.78, 5) is 12.4. The third-order valence-electron chi connectivity index (χ3n) is 3.19. The van der Waals surface area contributed by atoms with Crippen molar-refractivity contribution in [2.45, 2.75) is 25.0 Å². The molecule has 1 saturated heterocycles. The number of rotatable bonds is 10. The summed E-state index contributed by atoms with van der Waals surface area (Å²) in [6.07, 6.45) is 0.742. The van der Waals surface area contributed by atoms with E-state index in [1.807, 2.05) is 0 Å². The predicted octanol–water partition coefficient (Wildman–Crippen LogP) is 1.02. The first-order valence-electron chi connectivity index (χ1n) is 6.32. The van der Waals surface area contributed by atoms with E-state index >= 15 is 0 Å². The van der Waals surface area contributed by atoms with Gasteiger partial charge in [-0.15, -0.1) is 0 Å². The zero-order valence-electron chi connectivity index (χ0n) is 11.8. The van der Waals surface area contributed by atoms with E-state index in [0.717, 1.165) is 12.8 Å². The maximum Gasteiger partial charge on any atom is 0.500 e. The van der Waals surface area contributed by atoms with E-state index in [4.69, 9.17) is 23.1 Å². The Morgan fingerprint density at radius 3 is 2.32 bits per heavy atom. The molecule has 0 aromatic carbocycles. The molecule has 0 aromatic heterocycles. The van der Waals surface area contributed by atoms with Gasteiger partial charge in [0.15, 0.2) is 0 Å². The van der Waals surface area contributed by atoms with Crippen LogP contribution in [0.15, 0.2) is 0 Å². The Hall–Kier alpha value is -0.673. The quantitative estimate of drug-likeness (QED) is 0.368. The van der Waals surface area contributed by atoms with E-state index in [1.54, 1.807) is 21.3 Å². The van der Waals surface area contributed by atoms with Crippen LogP contribution in [0.2, 0.25) is 6.04 Å².